The van der Waals surface area contributed by atoms with E-state index >= 15 is 0 Å². The molecule has 3 aromatic carbocycles. The summed E-state index contributed by atoms with van der Waals surface area (Å²) in [5.41, 5.74) is 2.18. The molecule has 0 aliphatic carbocycles. The van der Waals surface area contributed by atoms with E-state index in [1.807, 2.05) is 36.4 Å². The van der Waals surface area contributed by atoms with Crippen LogP contribution in [-0.2, 0) is 39.1 Å². The average molecular weight is 556 g/mol. The molecule has 206 valence electrons. The number of carbonyl (C=O) groups is 2. The van der Waals surface area contributed by atoms with Gasteiger partial charge in [0, 0.05) is 26.6 Å². The second-order valence-electron chi connectivity index (χ2n) is 9.28. The third-order valence-electron chi connectivity index (χ3n) is 6.37. The van der Waals surface area contributed by atoms with Crippen LogP contribution in [0, 0.1) is 5.82 Å². The highest BCUT2D eigenvalue weighted by Crippen LogP contribution is 2.32. The number of benzene rings is 3. The normalized spacial score (nSPS) is 13.2. The second kappa shape index (κ2) is 12.3. The molecular formula is C28H30FN3O6S. The van der Waals surface area contributed by atoms with Crippen molar-refractivity contribution >= 4 is 21.8 Å². The van der Waals surface area contributed by atoms with E-state index in [-0.39, 0.29) is 26.3 Å². The second-order valence-corrected chi connectivity index (χ2v) is 11.4. The summed E-state index contributed by atoms with van der Waals surface area (Å²) in [7, 11) is -2.35. The number of rotatable bonds is 11. The number of likely N-dealkylation sites (N-methyl/N-ethyl adjacent to an activating group) is 1. The number of sulfonamides is 1. The van der Waals surface area contributed by atoms with Gasteiger partial charge in [-0.3, -0.25) is 9.59 Å². The Kier molecular flexibility index (Phi) is 8.82. The number of carbonyl (C=O) groups excluding carboxylic acids is 2. The Morgan fingerprint density at radius 3 is 2.31 bits per heavy atom. The number of hydrogen-bond donors (Lipinski definition) is 1. The van der Waals surface area contributed by atoms with Gasteiger partial charge in [0.25, 0.3) is 0 Å². The minimum atomic E-state index is -3.65. The highest BCUT2D eigenvalue weighted by Gasteiger charge is 2.32. The van der Waals surface area contributed by atoms with Crippen molar-refractivity contribution in [2.45, 2.75) is 25.6 Å². The summed E-state index contributed by atoms with van der Waals surface area (Å²) < 4.78 is 49.3. The summed E-state index contributed by atoms with van der Waals surface area (Å²) in [4.78, 5) is 28.6. The van der Waals surface area contributed by atoms with E-state index in [1.165, 1.54) is 36.2 Å². The van der Waals surface area contributed by atoms with Gasteiger partial charge in [0.15, 0.2) is 11.5 Å². The first-order chi connectivity index (χ1) is 18.6. The lowest BCUT2D eigenvalue weighted by atomic mass is 10.0. The average Bonchev–Trinajstić information content (AvgIpc) is 3.38. The summed E-state index contributed by atoms with van der Waals surface area (Å²) in [5.74, 6) is -0.214. The van der Waals surface area contributed by atoms with Gasteiger partial charge >= 0.3 is 0 Å². The van der Waals surface area contributed by atoms with Crippen LogP contribution in [0.1, 0.15) is 16.7 Å². The predicted octanol–water partition coefficient (Wildman–Crippen LogP) is 2.70. The van der Waals surface area contributed by atoms with Crippen LogP contribution >= 0.6 is 0 Å². The lowest BCUT2D eigenvalue weighted by molar-refractivity contribution is -0.141. The Bertz CT molecular complexity index is 1420. The number of halogens is 1. The van der Waals surface area contributed by atoms with Crippen molar-refractivity contribution in [3.05, 3.63) is 95.3 Å². The van der Waals surface area contributed by atoms with Crippen molar-refractivity contribution in [1.82, 2.24) is 14.5 Å². The van der Waals surface area contributed by atoms with Gasteiger partial charge in [-0.05, 0) is 41.0 Å². The van der Waals surface area contributed by atoms with E-state index in [1.54, 1.807) is 12.1 Å². The zero-order valence-electron chi connectivity index (χ0n) is 21.7. The zero-order valence-corrected chi connectivity index (χ0v) is 22.5. The van der Waals surface area contributed by atoms with E-state index in [2.05, 4.69) is 5.32 Å². The molecule has 0 aromatic heterocycles. The van der Waals surface area contributed by atoms with E-state index in [0.717, 1.165) is 21.7 Å². The van der Waals surface area contributed by atoms with Crippen LogP contribution in [0.15, 0.2) is 72.8 Å². The van der Waals surface area contributed by atoms with E-state index in [9.17, 15) is 22.4 Å². The lowest BCUT2D eigenvalue weighted by Crippen LogP contribution is -2.52. The Morgan fingerprint density at radius 2 is 1.62 bits per heavy atom. The third-order valence-corrected chi connectivity index (χ3v) is 7.63. The fraction of sp³-hybridized carbons (Fsp3) is 0.286. The van der Waals surface area contributed by atoms with Crippen molar-refractivity contribution in [2.24, 2.45) is 0 Å². The molecule has 0 radical (unpaired) electrons. The Morgan fingerprint density at radius 1 is 0.949 bits per heavy atom. The molecule has 11 heteroatoms. The monoisotopic (exact) mass is 555 g/mol. The third kappa shape index (κ3) is 7.55. The number of hydrogen-bond acceptors (Lipinski definition) is 6. The van der Waals surface area contributed by atoms with Crippen LogP contribution in [-0.4, -0.2) is 62.1 Å². The fourth-order valence-electron chi connectivity index (χ4n) is 4.10. The molecule has 0 fully saturated rings. The molecule has 0 saturated carbocycles. The van der Waals surface area contributed by atoms with Gasteiger partial charge in [0.2, 0.25) is 28.6 Å². The van der Waals surface area contributed by atoms with Crippen LogP contribution in [0.3, 0.4) is 0 Å². The molecule has 1 aliphatic rings. The molecule has 9 nitrogen and oxygen atoms in total. The lowest BCUT2D eigenvalue weighted by Gasteiger charge is -2.32. The minimum Gasteiger partial charge on any atom is -0.454 e. The summed E-state index contributed by atoms with van der Waals surface area (Å²) in [6.45, 7) is -0.179. The van der Waals surface area contributed by atoms with Crippen LogP contribution in [0.2, 0.25) is 0 Å². The maximum Gasteiger partial charge on any atom is 0.243 e. The first-order valence-corrected chi connectivity index (χ1v) is 14.1. The van der Waals surface area contributed by atoms with Crippen LogP contribution in [0.5, 0.6) is 11.5 Å². The molecule has 4 rings (SSSR count). The molecule has 0 spiro atoms. The molecular weight excluding hydrogens is 525 g/mol. The first-order valence-electron chi connectivity index (χ1n) is 12.3. The molecule has 2 amide bonds. The highest BCUT2D eigenvalue weighted by atomic mass is 32.2. The van der Waals surface area contributed by atoms with Gasteiger partial charge in [-0.1, -0.05) is 48.5 Å². The van der Waals surface area contributed by atoms with Gasteiger partial charge in [-0.25, -0.2) is 12.8 Å². The molecule has 0 saturated heterocycles. The number of amides is 2. The molecule has 1 aliphatic heterocycles. The molecule has 1 N–H and O–H groups in total. The number of ether oxygens (including phenoxy) is 2. The highest BCUT2D eigenvalue weighted by molar-refractivity contribution is 7.88. The number of nitrogens with one attached hydrogen (secondary N) is 1. The van der Waals surface area contributed by atoms with Gasteiger partial charge in [-0.15, -0.1) is 0 Å². The topological polar surface area (TPSA) is 105 Å². The largest absolute Gasteiger partial charge is 0.454 e. The molecule has 0 unspecified atom stereocenters. The molecule has 39 heavy (non-hydrogen) atoms. The number of fused-ring (bicyclic) bond motifs is 1. The molecule has 1 atom stereocenters. The molecule has 3 aromatic rings. The summed E-state index contributed by atoms with van der Waals surface area (Å²) >= 11 is 0. The smallest absolute Gasteiger partial charge is 0.243 e. The zero-order chi connectivity index (χ0) is 28.0. The standard InChI is InChI=1S/C28H30FN3O6S/c1-31(39(2,35)36)18-27(33)32(17-21-8-11-23(29)12-9-21)24(14-20-6-4-3-5-7-20)28(34)30-16-22-10-13-25-26(15-22)38-19-37-25/h3-13,15,24H,14,16-19H2,1-2H3,(H,30,34)/t24-/m1/s1. The Labute approximate surface area is 227 Å². The molecule has 1 heterocycles. The van der Waals surface area contributed by atoms with Crippen LogP contribution < -0.4 is 14.8 Å². The Balaban J connectivity index is 1.62. The van der Waals surface area contributed by atoms with Gasteiger partial charge < -0.3 is 19.7 Å². The summed E-state index contributed by atoms with van der Waals surface area (Å²) in [6.07, 6.45) is 1.19. The maximum absolute atomic E-state index is 13.7. The van der Waals surface area contributed by atoms with Crippen molar-refractivity contribution in [1.29, 1.82) is 0 Å². The molecule has 0 bridgehead atoms. The van der Waals surface area contributed by atoms with E-state index in [0.29, 0.717) is 17.1 Å². The van der Waals surface area contributed by atoms with E-state index in [4.69, 9.17) is 9.47 Å². The van der Waals surface area contributed by atoms with Crippen molar-refractivity contribution in [2.75, 3.05) is 26.6 Å². The fourth-order valence-corrected chi connectivity index (χ4v) is 4.44. The van der Waals surface area contributed by atoms with Gasteiger partial charge in [0.1, 0.15) is 11.9 Å². The predicted molar refractivity (Wildman–Crippen MR) is 143 cm³/mol. The van der Waals surface area contributed by atoms with Gasteiger partial charge in [-0.2, -0.15) is 4.31 Å². The number of nitrogens with zero attached hydrogens (tertiary/aromatic N) is 2. The minimum absolute atomic E-state index is 0.0222. The maximum atomic E-state index is 13.7. The van der Waals surface area contributed by atoms with Gasteiger partial charge in [0.05, 0.1) is 12.8 Å². The quantitative estimate of drug-likeness (QED) is 0.390. The Hall–Kier alpha value is -3.96. The summed E-state index contributed by atoms with van der Waals surface area (Å²) in [6, 6.07) is 19.2. The van der Waals surface area contributed by atoms with Crippen molar-refractivity contribution in [3.8, 4) is 11.5 Å². The first kappa shape index (κ1) is 28.1. The SMILES string of the molecule is CN(CC(=O)N(Cc1ccc(F)cc1)[C@H](Cc1ccccc1)C(=O)NCc1ccc2c(c1)OCO2)S(C)(=O)=O. The van der Waals surface area contributed by atoms with Crippen molar-refractivity contribution < 1.29 is 31.9 Å². The van der Waals surface area contributed by atoms with Crippen molar-refractivity contribution in [3.63, 3.8) is 0 Å². The summed E-state index contributed by atoms with van der Waals surface area (Å²) in [5, 5.41) is 2.90. The van der Waals surface area contributed by atoms with Crippen LogP contribution in [0.25, 0.3) is 0 Å². The van der Waals surface area contributed by atoms with Crippen LogP contribution in [0.4, 0.5) is 4.39 Å². The van der Waals surface area contributed by atoms with E-state index < -0.39 is 40.2 Å².